The molecule has 320 valence electrons. The predicted octanol–water partition coefficient (Wildman–Crippen LogP) is 18.2. The molecule has 0 atom stereocenters. The third kappa shape index (κ3) is 5.68. The number of furan rings is 1. The zero-order valence-electron chi connectivity index (χ0n) is 37.4. The van der Waals surface area contributed by atoms with Crippen LogP contribution in [0.5, 0.6) is 0 Å². The fraction of sp³-hybridized carbons (Fsp3) is 0. The Bertz CT molecular complexity index is 4570. The number of hydrogen-bond acceptors (Lipinski definition) is 1. The highest BCUT2D eigenvalue weighted by Gasteiger charge is 2.20. The summed E-state index contributed by atoms with van der Waals surface area (Å²) in [5.74, 6) is 0. The predicted molar refractivity (Wildman–Crippen MR) is 291 cm³/mol. The Morgan fingerprint density at radius 2 is 0.681 bits per heavy atom. The summed E-state index contributed by atoms with van der Waals surface area (Å²) in [6, 6.07) is 88.8. The molecule has 0 bridgehead atoms. The zero-order valence-corrected chi connectivity index (χ0v) is 37.4. The van der Waals surface area contributed by atoms with E-state index < -0.39 is 0 Å². The molecule has 3 heteroatoms. The maximum Gasteiger partial charge on any atom is 0.138 e. The van der Waals surface area contributed by atoms with Gasteiger partial charge in [0.1, 0.15) is 11.2 Å². The molecular formula is C66H40N2O. The van der Waals surface area contributed by atoms with E-state index in [4.69, 9.17) is 4.42 Å². The van der Waals surface area contributed by atoms with Crippen LogP contribution in [-0.2, 0) is 0 Å². The summed E-state index contributed by atoms with van der Waals surface area (Å²) in [5.41, 5.74) is 15.7. The molecule has 0 radical (unpaired) electrons. The summed E-state index contributed by atoms with van der Waals surface area (Å²) in [7, 11) is 0. The van der Waals surface area contributed by atoms with Crippen molar-refractivity contribution in [2.75, 3.05) is 0 Å². The van der Waals surface area contributed by atoms with Crippen LogP contribution in [-0.4, -0.2) is 9.13 Å². The van der Waals surface area contributed by atoms with E-state index in [9.17, 15) is 0 Å². The second-order valence-electron chi connectivity index (χ2n) is 18.4. The summed E-state index contributed by atoms with van der Waals surface area (Å²) >= 11 is 0. The first-order valence-corrected chi connectivity index (χ1v) is 23.7. The van der Waals surface area contributed by atoms with E-state index >= 15 is 0 Å². The van der Waals surface area contributed by atoms with E-state index in [0.717, 1.165) is 55.5 Å². The van der Waals surface area contributed by atoms with E-state index in [1.165, 1.54) is 87.1 Å². The monoisotopic (exact) mass is 876 g/mol. The molecule has 15 rings (SSSR count). The lowest BCUT2D eigenvalue weighted by Crippen LogP contribution is -1.95. The molecule has 12 aromatic carbocycles. The van der Waals surface area contributed by atoms with Crippen molar-refractivity contribution in [1.29, 1.82) is 0 Å². The van der Waals surface area contributed by atoms with E-state index in [1.54, 1.807) is 0 Å². The van der Waals surface area contributed by atoms with Crippen LogP contribution in [0.1, 0.15) is 0 Å². The summed E-state index contributed by atoms with van der Waals surface area (Å²) in [5, 5.41) is 14.8. The van der Waals surface area contributed by atoms with Gasteiger partial charge in [0.2, 0.25) is 0 Å². The maximum absolute atomic E-state index is 6.77. The van der Waals surface area contributed by atoms with E-state index in [2.05, 4.69) is 252 Å². The molecule has 0 fully saturated rings. The van der Waals surface area contributed by atoms with E-state index in [1.807, 2.05) is 0 Å². The van der Waals surface area contributed by atoms with Gasteiger partial charge in [0.25, 0.3) is 0 Å². The van der Waals surface area contributed by atoms with Crippen LogP contribution < -0.4 is 0 Å². The molecule has 0 unspecified atom stereocenters. The number of benzene rings is 12. The van der Waals surface area contributed by atoms with Gasteiger partial charge in [0.15, 0.2) is 0 Å². The number of nitrogens with zero attached hydrogens (tertiary/aromatic N) is 2. The van der Waals surface area contributed by atoms with Crippen molar-refractivity contribution >= 4 is 97.9 Å². The standard InChI is InChI=1S/C66H40N2O/c1-2-17-46(18-3-1)67-60-26-11-8-23-53(60)58-37-43(30-33-62(58)67)44-31-34-63-59(38-44)54-24-9-12-27-61(54)68(63)47-39-56(66-55-25-10-13-28-64(55)69-65(66)40-47)45-16-14-15-41(35-45)42-29-32-52-50-21-5-4-19-48(50)49-20-6-7-22-51(49)57(52)36-42/h1-40H. The first-order valence-electron chi connectivity index (χ1n) is 23.7. The number of hydrogen-bond donors (Lipinski definition) is 0. The molecular weight excluding hydrogens is 837 g/mol. The Kier molecular flexibility index (Phi) is 8.07. The summed E-state index contributed by atoms with van der Waals surface area (Å²) < 4.78 is 11.6. The Labute approximate surface area is 396 Å². The van der Waals surface area contributed by atoms with Crippen LogP contribution in [0.4, 0.5) is 0 Å². The van der Waals surface area contributed by atoms with Crippen LogP contribution >= 0.6 is 0 Å². The van der Waals surface area contributed by atoms with Crippen molar-refractivity contribution in [1.82, 2.24) is 9.13 Å². The molecule has 3 heterocycles. The van der Waals surface area contributed by atoms with Crippen LogP contribution in [0.15, 0.2) is 247 Å². The summed E-state index contributed by atoms with van der Waals surface area (Å²) in [4.78, 5) is 0. The van der Waals surface area contributed by atoms with Gasteiger partial charge >= 0.3 is 0 Å². The maximum atomic E-state index is 6.77. The van der Waals surface area contributed by atoms with Gasteiger partial charge in [-0.1, -0.05) is 164 Å². The van der Waals surface area contributed by atoms with Gasteiger partial charge in [-0.15, -0.1) is 0 Å². The largest absolute Gasteiger partial charge is 0.456 e. The first kappa shape index (κ1) is 38.0. The van der Waals surface area contributed by atoms with Crippen LogP contribution in [0, 0.1) is 0 Å². The third-order valence-electron chi connectivity index (χ3n) is 14.7. The van der Waals surface area contributed by atoms with Gasteiger partial charge < -0.3 is 13.6 Å². The molecule has 0 aliphatic rings. The van der Waals surface area contributed by atoms with Gasteiger partial charge in [0, 0.05) is 44.1 Å². The second kappa shape index (κ2) is 14.7. The van der Waals surface area contributed by atoms with Gasteiger partial charge in [-0.25, -0.2) is 0 Å². The average Bonchev–Trinajstić information content (AvgIpc) is 4.08. The number of para-hydroxylation sites is 4. The Morgan fingerprint density at radius 1 is 0.232 bits per heavy atom. The minimum Gasteiger partial charge on any atom is -0.456 e. The van der Waals surface area contributed by atoms with Crippen molar-refractivity contribution in [3.05, 3.63) is 243 Å². The van der Waals surface area contributed by atoms with Crippen LogP contribution in [0.2, 0.25) is 0 Å². The molecule has 0 N–H and O–H groups in total. The van der Waals surface area contributed by atoms with Crippen LogP contribution in [0.25, 0.3) is 143 Å². The third-order valence-corrected chi connectivity index (χ3v) is 14.7. The topological polar surface area (TPSA) is 23.0 Å². The lowest BCUT2D eigenvalue weighted by atomic mass is 9.91. The molecule has 0 spiro atoms. The highest BCUT2D eigenvalue weighted by molar-refractivity contribution is 6.26. The molecule has 15 aromatic rings. The minimum absolute atomic E-state index is 0.865. The summed E-state index contributed by atoms with van der Waals surface area (Å²) in [6.07, 6.45) is 0. The molecule has 3 aromatic heterocycles. The smallest absolute Gasteiger partial charge is 0.138 e. The van der Waals surface area contributed by atoms with Crippen molar-refractivity contribution in [2.45, 2.75) is 0 Å². The van der Waals surface area contributed by atoms with Crippen molar-refractivity contribution in [3.8, 4) is 44.8 Å². The number of aromatic nitrogens is 2. The van der Waals surface area contributed by atoms with Crippen molar-refractivity contribution < 1.29 is 4.42 Å². The Balaban J connectivity index is 0.903. The summed E-state index contributed by atoms with van der Waals surface area (Å²) in [6.45, 7) is 0. The zero-order chi connectivity index (χ0) is 45.2. The van der Waals surface area contributed by atoms with Gasteiger partial charge in [-0.2, -0.15) is 0 Å². The highest BCUT2D eigenvalue weighted by Crippen LogP contribution is 2.44. The van der Waals surface area contributed by atoms with Gasteiger partial charge in [0.05, 0.1) is 27.8 Å². The first-order chi connectivity index (χ1) is 34.2. The Hall–Kier alpha value is -9.18. The minimum atomic E-state index is 0.865. The lowest BCUT2D eigenvalue weighted by molar-refractivity contribution is 0.668. The lowest BCUT2D eigenvalue weighted by Gasteiger charge is -2.14. The molecule has 0 saturated heterocycles. The quantitative estimate of drug-likeness (QED) is 0.158. The molecule has 69 heavy (non-hydrogen) atoms. The Morgan fingerprint density at radius 3 is 1.32 bits per heavy atom. The fourth-order valence-electron chi connectivity index (χ4n) is 11.6. The molecule has 3 nitrogen and oxygen atoms in total. The normalized spacial score (nSPS) is 12.1. The van der Waals surface area contributed by atoms with Crippen molar-refractivity contribution in [3.63, 3.8) is 0 Å². The van der Waals surface area contributed by atoms with E-state index in [0.29, 0.717) is 0 Å². The SMILES string of the molecule is c1ccc(-n2c3ccccc3c3cc(-c4ccc5c(c4)c4ccccc4n5-c4cc(-c5cccc(-c6ccc7c8ccccc8c8ccccc8c7c6)c5)c5c(c4)oc4ccccc45)ccc32)cc1. The average molecular weight is 877 g/mol. The number of rotatable bonds is 5. The number of fused-ring (bicyclic) bond motifs is 15. The molecule has 0 saturated carbocycles. The molecule has 0 aliphatic carbocycles. The molecule has 0 amide bonds. The highest BCUT2D eigenvalue weighted by atomic mass is 16.3. The van der Waals surface area contributed by atoms with E-state index in [-0.39, 0.29) is 0 Å². The second-order valence-corrected chi connectivity index (χ2v) is 18.4. The molecule has 0 aliphatic heterocycles. The fourth-order valence-corrected chi connectivity index (χ4v) is 11.6. The van der Waals surface area contributed by atoms with Crippen molar-refractivity contribution in [2.24, 2.45) is 0 Å². The van der Waals surface area contributed by atoms with Crippen LogP contribution in [0.3, 0.4) is 0 Å². The van der Waals surface area contributed by atoms with Gasteiger partial charge in [-0.3, -0.25) is 0 Å². The van der Waals surface area contributed by atoms with Gasteiger partial charge in [-0.05, 0) is 138 Å².